The summed E-state index contributed by atoms with van der Waals surface area (Å²) in [5, 5.41) is 3.37. The molecule has 0 bridgehead atoms. The van der Waals surface area contributed by atoms with Crippen molar-refractivity contribution in [2.75, 3.05) is 19.6 Å². The monoisotopic (exact) mass is 429 g/mol. The molecule has 8 heteroatoms. The summed E-state index contributed by atoms with van der Waals surface area (Å²) in [7, 11) is 0. The average molecular weight is 430 g/mol. The summed E-state index contributed by atoms with van der Waals surface area (Å²) in [6.45, 7) is 2.42. The molecule has 1 aliphatic carbocycles. The van der Waals surface area contributed by atoms with Crippen LogP contribution in [-0.2, 0) is 16.6 Å². The average Bonchev–Trinajstić information content (AvgIpc) is 3.13. The third kappa shape index (κ3) is 3.65. The number of carbonyl (C=O) groups is 1. The lowest BCUT2D eigenvalue weighted by Crippen LogP contribution is -2.52. The van der Waals surface area contributed by atoms with Gasteiger partial charge >= 0.3 is 0 Å². The third-order valence-electron chi connectivity index (χ3n) is 6.95. The minimum atomic E-state index is -0.0860. The molecule has 30 heavy (non-hydrogen) atoms. The molecule has 1 amide bonds. The molecule has 3 aliphatic rings. The van der Waals surface area contributed by atoms with Crippen molar-refractivity contribution in [3.63, 3.8) is 0 Å². The van der Waals surface area contributed by atoms with Crippen molar-refractivity contribution in [3.8, 4) is 11.4 Å². The Hall–Kier alpha value is -2.25. The number of likely N-dealkylation sites (tertiary alicyclic amines) is 1. The van der Waals surface area contributed by atoms with Crippen LogP contribution in [0.15, 0.2) is 29.3 Å². The molecule has 7 nitrogen and oxygen atoms in total. The minimum absolute atomic E-state index is 0. The second-order valence-corrected chi connectivity index (χ2v) is 8.59. The van der Waals surface area contributed by atoms with E-state index in [1.54, 1.807) is 12.4 Å². The Morgan fingerprint density at radius 2 is 2.03 bits per heavy atom. The first-order valence-corrected chi connectivity index (χ1v) is 10.7. The number of aromatic amines is 1. The van der Waals surface area contributed by atoms with E-state index in [9.17, 15) is 9.59 Å². The van der Waals surface area contributed by atoms with Gasteiger partial charge in [0.1, 0.15) is 5.82 Å². The van der Waals surface area contributed by atoms with E-state index in [2.05, 4.69) is 15.3 Å². The molecule has 2 aliphatic heterocycles. The number of pyridine rings is 1. The number of amides is 1. The number of hydrogen-bond donors (Lipinski definition) is 2. The van der Waals surface area contributed by atoms with Gasteiger partial charge in [0, 0.05) is 42.0 Å². The first kappa shape index (κ1) is 21.0. The molecular weight excluding hydrogens is 402 g/mol. The van der Waals surface area contributed by atoms with E-state index in [0.717, 1.165) is 81.4 Å². The molecule has 1 unspecified atom stereocenters. The van der Waals surface area contributed by atoms with Crippen LogP contribution in [0.2, 0.25) is 0 Å². The molecule has 1 spiro atoms. The number of nitrogens with one attached hydrogen (secondary N) is 2. The molecule has 0 aromatic carbocycles. The van der Waals surface area contributed by atoms with Crippen LogP contribution >= 0.6 is 12.4 Å². The normalized spacial score (nSPS) is 22.4. The molecule has 160 valence electrons. The molecule has 0 saturated carbocycles. The fourth-order valence-corrected chi connectivity index (χ4v) is 5.22. The maximum atomic E-state index is 12.9. The molecule has 5 rings (SSSR count). The zero-order valence-electron chi connectivity index (χ0n) is 17.0. The quantitative estimate of drug-likeness (QED) is 0.763. The highest BCUT2D eigenvalue weighted by Gasteiger charge is 2.45. The van der Waals surface area contributed by atoms with E-state index in [1.165, 1.54) is 0 Å². The van der Waals surface area contributed by atoms with Crippen LogP contribution < -0.4 is 10.9 Å². The van der Waals surface area contributed by atoms with E-state index in [-0.39, 0.29) is 35.3 Å². The highest BCUT2D eigenvalue weighted by atomic mass is 35.5. The first-order chi connectivity index (χ1) is 14.2. The smallest absolute Gasteiger partial charge is 0.254 e. The molecule has 2 N–H and O–H groups in total. The van der Waals surface area contributed by atoms with Crippen LogP contribution in [0.25, 0.3) is 11.4 Å². The molecule has 0 radical (unpaired) electrons. The first-order valence-electron chi connectivity index (χ1n) is 10.7. The fourth-order valence-electron chi connectivity index (χ4n) is 5.22. The van der Waals surface area contributed by atoms with Gasteiger partial charge in [0.2, 0.25) is 5.91 Å². The van der Waals surface area contributed by atoms with Gasteiger partial charge in [0.05, 0.1) is 11.7 Å². The van der Waals surface area contributed by atoms with Gasteiger partial charge in [-0.3, -0.25) is 14.6 Å². The molecule has 4 heterocycles. The number of H-pyrrole nitrogens is 1. The number of fused-ring (bicyclic) bond motifs is 2. The highest BCUT2D eigenvalue weighted by Crippen LogP contribution is 2.44. The van der Waals surface area contributed by atoms with Crippen LogP contribution in [0.1, 0.15) is 49.8 Å². The SMILES string of the molecule is Cl.O=C(C1CCCCN1)N1CCC2(CCc3c2nc(-c2cccnc2)[nH]c3=O)CC1. The molecular formula is C22H28ClN5O2. The number of aromatic nitrogens is 3. The Kier molecular flexibility index (Phi) is 5.93. The van der Waals surface area contributed by atoms with Crippen molar-refractivity contribution in [1.82, 2.24) is 25.2 Å². The number of piperidine rings is 2. The highest BCUT2D eigenvalue weighted by molar-refractivity contribution is 5.85. The van der Waals surface area contributed by atoms with Crippen LogP contribution in [0, 0.1) is 0 Å². The second-order valence-electron chi connectivity index (χ2n) is 8.59. The van der Waals surface area contributed by atoms with Crippen molar-refractivity contribution >= 4 is 18.3 Å². The Balaban J connectivity index is 0.00000218. The molecule has 1 atom stereocenters. The van der Waals surface area contributed by atoms with Crippen molar-refractivity contribution < 1.29 is 4.79 Å². The van der Waals surface area contributed by atoms with Crippen LogP contribution in [0.3, 0.4) is 0 Å². The van der Waals surface area contributed by atoms with E-state index >= 15 is 0 Å². The fraction of sp³-hybridized carbons (Fsp3) is 0.545. The molecule has 2 aromatic rings. The van der Waals surface area contributed by atoms with Gasteiger partial charge in [-0.05, 0) is 57.2 Å². The maximum absolute atomic E-state index is 12.9. The largest absolute Gasteiger partial charge is 0.341 e. The molecule has 2 fully saturated rings. The zero-order chi connectivity index (χ0) is 19.8. The van der Waals surface area contributed by atoms with Crippen molar-refractivity contribution in [2.24, 2.45) is 0 Å². The number of rotatable bonds is 2. The summed E-state index contributed by atoms with van der Waals surface area (Å²) in [6, 6.07) is 3.74. The van der Waals surface area contributed by atoms with Gasteiger partial charge in [0.25, 0.3) is 5.56 Å². The minimum Gasteiger partial charge on any atom is -0.341 e. The Labute approximate surface area is 182 Å². The van der Waals surface area contributed by atoms with Crippen LogP contribution in [0.5, 0.6) is 0 Å². The predicted octanol–water partition coefficient (Wildman–Crippen LogP) is 2.20. The van der Waals surface area contributed by atoms with Crippen molar-refractivity contribution in [3.05, 3.63) is 46.1 Å². The van der Waals surface area contributed by atoms with Gasteiger partial charge < -0.3 is 15.2 Å². The number of halogens is 1. The second kappa shape index (κ2) is 8.47. The zero-order valence-corrected chi connectivity index (χ0v) is 17.8. The molecule has 2 saturated heterocycles. The number of hydrogen-bond acceptors (Lipinski definition) is 5. The lowest BCUT2D eigenvalue weighted by molar-refractivity contribution is -0.135. The van der Waals surface area contributed by atoms with E-state index in [4.69, 9.17) is 4.98 Å². The summed E-state index contributed by atoms with van der Waals surface area (Å²) >= 11 is 0. The summed E-state index contributed by atoms with van der Waals surface area (Å²) < 4.78 is 0. The van der Waals surface area contributed by atoms with E-state index in [1.807, 2.05) is 17.0 Å². The predicted molar refractivity (Wildman–Crippen MR) is 117 cm³/mol. The Morgan fingerprint density at radius 3 is 2.73 bits per heavy atom. The topological polar surface area (TPSA) is 91.0 Å². The van der Waals surface area contributed by atoms with Crippen molar-refractivity contribution in [1.29, 1.82) is 0 Å². The van der Waals surface area contributed by atoms with Crippen LogP contribution in [-0.4, -0.2) is 51.4 Å². The summed E-state index contributed by atoms with van der Waals surface area (Å²) in [4.78, 5) is 39.6. The number of nitrogens with zero attached hydrogens (tertiary/aromatic N) is 3. The Morgan fingerprint density at radius 1 is 1.20 bits per heavy atom. The van der Waals surface area contributed by atoms with Crippen LogP contribution in [0.4, 0.5) is 0 Å². The van der Waals surface area contributed by atoms with Gasteiger partial charge in [-0.2, -0.15) is 0 Å². The molecule has 2 aromatic heterocycles. The summed E-state index contributed by atoms with van der Waals surface area (Å²) in [5.74, 6) is 0.834. The standard InChI is InChI=1S/C22H27N5O2.ClH/c28-20-16-6-7-22(18(16)25-19(26-20)15-4-3-10-23-14-15)8-12-27(13-9-22)21(29)17-5-1-2-11-24-17;/h3-4,10,14,17,24H,1-2,5-9,11-13H2,(H,25,26,28);1H. The third-order valence-corrected chi connectivity index (χ3v) is 6.95. The Bertz CT molecular complexity index is 963. The van der Waals surface area contributed by atoms with Gasteiger partial charge in [-0.1, -0.05) is 6.42 Å². The summed E-state index contributed by atoms with van der Waals surface area (Å²) in [5.41, 5.74) is 2.48. The van der Waals surface area contributed by atoms with Gasteiger partial charge in [-0.15, -0.1) is 12.4 Å². The van der Waals surface area contributed by atoms with E-state index in [0.29, 0.717) is 5.82 Å². The van der Waals surface area contributed by atoms with Crippen molar-refractivity contribution in [2.45, 2.75) is 56.4 Å². The summed E-state index contributed by atoms with van der Waals surface area (Å²) in [6.07, 6.45) is 10.1. The lowest BCUT2D eigenvalue weighted by atomic mass is 9.76. The number of carbonyl (C=O) groups excluding carboxylic acids is 1. The van der Waals surface area contributed by atoms with Gasteiger partial charge in [-0.25, -0.2) is 4.98 Å². The van der Waals surface area contributed by atoms with Gasteiger partial charge in [0.15, 0.2) is 0 Å². The maximum Gasteiger partial charge on any atom is 0.254 e. The lowest BCUT2D eigenvalue weighted by Gasteiger charge is -2.41. The van der Waals surface area contributed by atoms with E-state index < -0.39 is 0 Å².